The van der Waals surface area contributed by atoms with Gasteiger partial charge in [0.1, 0.15) is 5.75 Å². The van der Waals surface area contributed by atoms with Crippen LogP contribution in [0.5, 0.6) is 5.75 Å². The van der Waals surface area contributed by atoms with Gasteiger partial charge in [0.15, 0.2) is 0 Å². The molecule has 2 atom stereocenters. The maximum atomic E-state index is 11.1. The highest BCUT2D eigenvalue weighted by Gasteiger charge is 2.28. The number of primary amides is 1. The topological polar surface area (TPSA) is 98.6 Å². The zero-order valence-corrected chi connectivity index (χ0v) is 10.7. The van der Waals surface area contributed by atoms with Crippen LogP contribution in [0.15, 0.2) is 24.3 Å². The zero-order valence-electron chi connectivity index (χ0n) is 10.7. The van der Waals surface area contributed by atoms with Crippen LogP contribution in [-0.4, -0.2) is 22.7 Å². The van der Waals surface area contributed by atoms with Gasteiger partial charge in [-0.15, -0.1) is 0 Å². The number of rotatable bonds is 6. The van der Waals surface area contributed by atoms with Crippen LogP contribution in [0.3, 0.4) is 0 Å². The summed E-state index contributed by atoms with van der Waals surface area (Å²) >= 11 is 0. The lowest BCUT2D eigenvalue weighted by atomic mass is 9.95. The fraction of sp³-hybridized carbons (Fsp3) is 0.462. The van der Waals surface area contributed by atoms with Crippen LogP contribution in [-0.2, 0) is 11.4 Å². The summed E-state index contributed by atoms with van der Waals surface area (Å²) in [5.41, 5.74) is 10.7. The number of aliphatic hydroxyl groups excluding tert-OH is 1. The van der Waals surface area contributed by atoms with Gasteiger partial charge in [-0.05, 0) is 31.5 Å². The molecule has 2 unspecified atom stereocenters. The molecule has 0 radical (unpaired) electrons. The molecule has 1 aromatic carbocycles. The summed E-state index contributed by atoms with van der Waals surface area (Å²) in [6, 6.07) is 7.12. The van der Waals surface area contributed by atoms with Gasteiger partial charge in [0.2, 0.25) is 5.91 Å². The number of benzene rings is 1. The Morgan fingerprint density at radius 3 is 2.78 bits per heavy atom. The molecule has 1 amide bonds. The van der Waals surface area contributed by atoms with E-state index in [0.717, 1.165) is 5.56 Å². The summed E-state index contributed by atoms with van der Waals surface area (Å²) in [6.45, 7) is 3.36. The van der Waals surface area contributed by atoms with Gasteiger partial charge in [-0.25, -0.2) is 0 Å². The van der Waals surface area contributed by atoms with Gasteiger partial charge in [-0.1, -0.05) is 12.1 Å². The third kappa shape index (κ3) is 4.01. The summed E-state index contributed by atoms with van der Waals surface area (Å²) in [5, 5.41) is 9.02. The standard InChI is InChI=1S/C13H20N2O3/c1-9(7-13(2,15)12(14)17)18-11-5-3-4-10(6-11)8-16/h3-6,9,16H,7-8,15H2,1-2H3,(H2,14,17). The quantitative estimate of drug-likeness (QED) is 0.688. The summed E-state index contributed by atoms with van der Waals surface area (Å²) in [4.78, 5) is 11.1. The molecular formula is C13H20N2O3. The smallest absolute Gasteiger partial charge is 0.237 e. The highest BCUT2D eigenvalue weighted by atomic mass is 16.5. The van der Waals surface area contributed by atoms with E-state index in [1.165, 1.54) is 0 Å². The van der Waals surface area contributed by atoms with E-state index in [1.807, 2.05) is 6.92 Å². The number of carbonyl (C=O) groups excluding carboxylic acids is 1. The van der Waals surface area contributed by atoms with E-state index >= 15 is 0 Å². The van der Waals surface area contributed by atoms with Crippen molar-refractivity contribution in [3.05, 3.63) is 29.8 Å². The van der Waals surface area contributed by atoms with Gasteiger partial charge in [0, 0.05) is 6.42 Å². The fourth-order valence-corrected chi connectivity index (χ4v) is 1.69. The number of nitrogens with two attached hydrogens (primary N) is 2. The van der Waals surface area contributed by atoms with Crippen molar-refractivity contribution in [2.75, 3.05) is 0 Å². The Balaban J connectivity index is 2.64. The average Bonchev–Trinajstić information content (AvgIpc) is 2.28. The first-order chi connectivity index (χ1) is 8.35. The molecule has 0 heterocycles. The number of hydrogen-bond acceptors (Lipinski definition) is 4. The van der Waals surface area contributed by atoms with Crippen molar-refractivity contribution < 1.29 is 14.6 Å². The van der Waals surface area contributed by atoms with Crippen molar-refractivity contribution in [1.29, 1.82) is 0 Å². The van der Waals surface area contributed by atoms with Gasteiger partial charge in [0.05, 0.1) is 18.2 Å². The predicted molar refractivity (Wildman–Crippen MR) is 68.9 cm³/mol. The molecule has 1 rings (SSSR count). The highest BCUT2D eigenvalue weighted by molar-refractivity contribution is 5.83. The molecule has 0 spiro atoms. The van der Waals surface area contributed by atoms with Crippen LogP contribution in [0.1, 0.15) is 25.8 Å². The third-order valence-electron chi connectivity index (χ3n) is 2.69. The molecule has 0 saturated carbocycles. The number of hydrogen-bond donors (Lipinski definition) is 3. The molecule has 1 aromatic rings. The van der Waals surface area contributed by atoms with Gasteiger partial charge in [-0.2, -0.15) is 0 Å². The Labute approximate surface area is 107 Å². The number of amides is 1. The van der Waals surface area contributed by atoms with Gasteiger partial charge >= 0.3 is 0 Å². The second-order valence-electron chi connectivity index (χ2n) is 4.72. The first-order valence-electron chi connectivity index (χ1n) is 5.80. The van der Waals surface area contributed by atoms with E-state index in [2.05, 4.69) is 0 Å². The van der Waals surface area contributed by atoms with Crippen LogP contribution in [0, 0.1) is 0 Å². The number of ether oxygens (including phenoxy) is 1. The lowest BCUT2D eigenvalue weighted by molar-refractivity contribution is -0.123. The second kappa shape index (κ2) is 5.84. The van der Waals surface area contributed by atoms with Crippen molar-refractivity contribution in [3.63, 3.8) is 0 Å². The lowest BCUT2D eigenvalue weighted by Crippen LogP contribution is -2.51. The maximum absolute atomic E-state index is 11.1. The van der Waals surface area contributed by atoms with E-state index < -0.39 is 11.4 Å². The summed E-state index contributed by atoms with van der Waals surface area (Å²) in [5.74, 6) is 0.0800. The predicted octanol–water partition coefficient (Wildman–Crippen LogP) is 0.539. The van der Waals surface area contributed by atoms with E-state index in [4.69, 9.17) is 21.3 Å². The summed E-state index contributed by atoms with van der Waals surface area (Å²) < 4.78 is 5.64. The molecule has 0 bridgehead atoms. The molecular weight excluding hydrogens is 232 g/mol. The van der Waals surface area contributed by atoms with Crippen LogP contribution in [0.2, 0.25) is 0 Å². The molecule has 0 fully saturated rings. The fourth-order valence-electron chi connectivity index (χ4n) is 1.69. The Bertz CT molecular complexity index is 418. The summed E-state index contributed by atoms with van der Waals surface area (Å²) in [7, 11) is 0. The molecule has 18 heavy (non-hydrogen) atoms. The minimum Gasteiger partial charge on any atom is -0.491 e. The Hall–Kier alpha value is -1.59. The minimum atomic E-state index is -1.09. The molecule has 5 N–H and O–H groups in total. The third-order valence-corrected chi connectivity index (χ3v) is 2.69. The maximum Gasteiger partial charge on any atom is 0.237 e. The molecule has 0 aliphatic rings. The second-order valence-corrected chi connectivity index (χ2v) is 4.72. The monoisotopic (exact) mass is 252 g/mol. The van der Waals surface area contributed by atoms with Gasteiger partial charge in [-0.3, -0.25) is 4.79 Å². The largest absolute Gasteiger partial charge is 0.491 e. The number of carbonyl (C=O) groups is 1. The molecule has 0 aliphatic carbocycles. The van der Waals surface area contributed by atoms with Gasteiger partial charge < -0.3 is 21.3 Å². The van der Waals surface area contributed by atoms with Crippen molar-refractivity contribution in [2.45, 2.75) is 38.5 Å². The van der Waals surface area contributed by atoms with E-state index in [0.29, 0.717) is 12.2 Å². The molecule has 100 valence electrons. The normalized spacial score (nSPS) is 15.8. The van der Waals surface area contributed by atoms with Gasteiger partial charge in [0.25, 0.3) is 0 Å². The van der Waals surface area contributed by atoms with Crippen LogP contribution in [0.4, 0.5) is 0 Å². The Morgan fingerprint density at radius 1 is 1.56 bits per heavy atom. The SMILES string of the molecule is CC(CC(C)(N)C(N)=O)Oc1cccc(CO)c1. The molecule has 0 aliphatic heterocycles. The first-order valence-corrected chi connectivity index (χ1v) is 5.80. The first kappa shape index (κ1) is 14.5. The molecule has 5 heteroatoms. The minimum absolute atomic E-state index is 0.0402. The van der Waals surface area contributed by atoms with E-state index in [9.17, 15) is 4.79 Å². The lowest BCUT2D eigenvalue weighted by Gasteiger charge is -2.25. The molecule has 0 saturated heterocycles. The Morgan fingerprint density at radius 2 is 2.22 bits per heavy atom. The van der Waals surface area contributed by atoms with Crippen molar-refractivity contribution in [3.8, 4) is 5.75 Å². The van der Waals surface area contributed by atoms with E-state index in [1.54, 1.807) is 31.2 Å². The van der Waals surface area contributed by atoms with Crippen molar-refractivity contribution in [1.82, 2.24) is 0 Å². The molecule has 0 aromatic heterocycles. The van der Waals surface area contributed by atoms with Crippen LogP contribution >= 0.6 is 0 Å². The molecule has 5 nitrogen and oxygen atoms in total. The number of aliphatic hydroxyl groups is 1. The van der Waals surface area contributed by atoms with Crippen molar-refractivity contribution >= 4 is 5.91 Å². The zero-order chi connectivity index (χ0) is 13.8. The van der Waals surface area contributed by atoms with E-state index in [-0.39, 0.29) is 12.7 Å². The van der Waals surface area contributed by atoms with Crippen LogP contribution in [0.25, 0.3) is 0 Å². The summed E-state index contributed by atoms with van der Waals surface area (Å²) in [6.07, 6.45) is 0.0764. The highest BCUT2D eigenvalue weighted by Crippen LogP contribution is 2.18. The Kier molecular flexibility index (Phi) is 4.69. The average molecular weight is 252 g/mol. The van der Waals surface area contributed by atoms with Crippen LogP contribution < -0.4 is 16.2 Å². The van der Waals surface area contributed by atoms with Crippen molar-refractivity contribution in [2.24, 2.45) is 11.5 Å².